The predicted octanol–water partition coefficient (Wildman–Crippen LogP) is 3.55. The lowest BCUT2D eigenvalue weighted by atomic mass is 10.1. The first-order valence-electron chi connectivity index (χ1n) is 7.72. The summed E-state index contributed by atoms with van der Waals surface area (Å²) < 4.78 is 0. The van der Waals surface area contributed by atoms with Crippen molar-refractivity contribution in [1.82, 2.24) is 4.90 Å². The maximum absolute atomic E-state index is 12.5. The number of amides is 2. The summed E-state index contributed by atoms with van der Waals surface area (Å²) in [5.74, 6) is -0.401. The van der Waals surface area contributed by atoms with Crippen molar-refractivity contribution in [3.63, 3.8) is 0 Å². The van der Waals surface area contributed by atoms with Gasteiger partial charge in [-0.1, -0.05) is 48.5 Å². The highest BCUT2D eigenvalue weighted by Crippen LogP contribution is 2.16. The summed E-state index contributed by atoms with van der Waals surface area (Å²) in [5, 5.41) is 4.86. The van der Waals surface area contributed by atoms with Crippen LogP contribution >= 0.6 is 0 Å². The van der Waals surface area contributed by atoms with Crippen LogP contribution in [0.15, 0.2) is 72.8 Å². The van der Waals surface area contributed by atoms with Crippen molar-refractivity contribution in [3.05, 3.63) is 78.4 Å². The van der Waals surface area contributed by atoms with Crippen LogP contribution in [0.1, 0.15) is 10.4 Å². The monoisotopic (exact) mass is 318 g/mol. The van der Waals surface area contributed by atoms with Crippen molar-refractivity contribution in [2.45, 2.75) is 0 Å². The van der Waals surface area contributed by atoms with E-state index in [9.17, 15) is 9.59 Å². The molecule has 0 heterocycles. The fourth-order valence-corrected chi connectivity index (χ4v) is 2.55. The predicted molar refractivity (Wildman–Crippen MR) is 96.0 cm³/mol. The largest absolute Gasteiger partial charge is 0.332 e. The minimum atomic E-state index is -0.224. The van der Waals surface area contributed by atoms with Gasteiger partial charge in [0.05, 0.1) is 6.54 Å². The van der Waals surface area contributed by atoms with E-state index in [1.807, 2.05) is 66.7 Å². The van der Waals surface area contributed by atoms with Gasteiger partial charge in [0, 0.05) is 18.3 Å². The van der Waals surface area contributed by atoms with Gasteiger partial charge in [-0.25, -0.2) is 0 Å². The molecule has 0 atom stereocenters. The summed E-state index contributed by atoms with van der Waals surface area (Å²) in [7, 11) is 1.63. The molecule has 3 aromatic carbocycles. The lowest BCUT2D eigenvalue weighted by Crippen LogP contribution is -2.34. The van der Waals surface area contributed by atoms with E-state index < -0.39 is 0 Å². The maximum atomic E-state index is 12.5. The van der Waals surface area contributed by atoms with Gasteiger partial charge in [0.1, 0.15) is 0 Å². The SMILES string of the molecule is CN(CC(=O)Nc1ccccc1)C(=O)c1ccc2ccccc2c1. The van der Waals surface area contributed by atoms with Crippen molar-refractivity contribution in [2.24, 2.45) is 0 Å². The fraction of sp³-hybridized carbons (Fsp3) is 0.100. The number of rotatable bonds is 4. The number of fused-ring (bicyclic) bond motifs is 1. The summed E-state index contributed by atoms with van der Waals surface area (Å²) in [6.07, 6.45) is 0. The Labute approximate surface area is 140 Å². The Morgan fingerprint density at radius 3 is 2.29 bits per heavy atom. The number of para-hydroxylation sites is 1. The Kier molecular flexibility index (Phi) is 4.57. The first-order valence-corrected chi connectivity index (χ1v) is 7.72. The Balaban J connectivity index is 1.68. The lowest BCUT2D eigenvalue weighted by Gasteiger charge is -2.17. The number of carbonyl (C=O) groups excluding carboxylic acids is 2. The topological polar surface area (TPSA) is 49.4 Å². The minimum absolute atomic E-state index is 0.000550. The number of anilines is 1. The molecule has 3 rings (SSSR count). The molecule has 24 heavy (non-hydrogen) atoms. The van der Waals surface area contributed by atoms with Gasteiger partial charge < -0.3 is 10.2 Å². The second-order valence-corrected chi connectivity index (χ2v) is 5.64. The van der Waals surface area contributed by atoms with Crippen molar-refractivity contribution >= 4 is 28.3 Å². The molecule has 0 fully saturated rings. The average Bonchev–Trinajstić information content (AvgIpc) is 2.61. The van der Waals surface area contributed by atoms with Crippen molar-refractivity contribution < 1.29 is 9.59 Å². The highest BCUT2D eigenvalue weighted by molar-refractivity contribution is 6.01. The molecule has 0 bridgehead atoms. The second-order valence-electron chi connectivity index (χ2n) is 5.64. The normalized spacial score (nSPS) is 10.4. The smallest absolute Gasteiger partial charge is 0.254 e. The van der Waals surface area contributed by atoms with Gasteiger partial charge in [0.25, 0.3) is 5.91 Å². The van der Waals surface area contributed by atoms with E-state index in [0.717, 1.165) is 10.8 Å². The fourth-order valence-electron chi connectivity index (χ4n) is 2.55. The number of nitrogens with zero attached hydrogens (tertiary/aromatic N) is 1. The molecule has 0 saturated heterocycles. The van der Waals surface area contributed by atoms with Gasteiger partial charge >= 0.3 is 0 Å². The third-order valence-corrected chi connectivity index (χ3v) is 3.78. The van der Waals surface area contributed by atoms with E-state index in [0.29, 0.717) is 11.3 Å². The number of likely N-dealkylation sites (N-methyl/N-ethyl adjacent to an activating group) is 1. The molecule has 4 heteroatoms. The van der Waals surface area contributed by atoms with Crippen LogP contribution in [0.2, 0.25) is 0 Å². The first-order chi connectivity index (χ1) is 11.6. The van der Waals surface area contributed by atoms with Crippen LogP contribution in [0, 0.1) is 0 Å². The molecule has 0 unspecified atom stereocenters. The summed E-state index contributed by atoms with van der Waals surface area (Å²) >= 11 is 0. The zero-order valence-electron chi connectivity index (χ0n) is 13.4. The second kappa shape index (κ2) is 6.96. The molecule has 0 aliphatic rings. The van der Waals surface area contributed by atoms with Crippen LogP contribution in [-0.4, -0.2) is 30.3 Å². The lowest BCUT2D eigenvalue weighted by molar-refractivity contribution is -0.116. The quantitative estimate of drug-likeness (QED) is 0.800. The summed E-state index contributed by atoms with van der Waals surface area (Å²) in [4.78, 5) is 26.0. The average molecular weight is 318 g/mol. The zero-order valence-corrected chi connectivity index (χ0v) is 13.4. The molecule has 0 spiro atoms. The molecule has 0 aliphatic carbocycles. The summed E-state index contributed by atoms with van der Waals surface area (Å²) in [6, 6.07) is 22.6. The Hall–Kier alpha value is -3.14. The van der Waals surface area contributed by atoms with Crippen LogP contribution in [0.25, 0.3) is 10.8 Å². The van der Waals surface area contributed by atoms with E-state index in [2.05, 4.69) is 5.32 Å². The van der Waals surface area contributed by atoms with Crippen LogP contribution < -0.4 is 5.32 Å². The zero-order chi connectivity index (χ0) is 16.9. The molecule has 0 aromatic heterocycles. The Bertz CT molecular complexity index is 875. The van der Waals surface area contributed by atoms with Gasteiger partial charge in [-0.15, -0.1) is 0 Å². The molecule has 0 saturated carbocycles. The van der Waals surface area contributed by atoms with Crippen LogP contribution in [0.3, 0.4) is 0 Å². The number of carbonyl (C=O) groups is 2. The Morgan fingerprint density at radius 2 is 1.54 bits per heavy atom. The molecule has 4 nitrogen and oxygen atoms in total. The molecule has 3 aromatic rings. The molecular formula is C20H18N2O2. The van der Waals surface area contributed by atoms with E-state index in [-0.39, 0.29) is 18.4 Å². The van der Waals surface area contributed by atoms with E-state index in [1.54, 1.807) is 13.1 Å². The third kappa shape index (κ3) is 3.60. The molecule has 2 amide bonds. The van der Waals surface area contributed by atoms with Crippen molar-refractivity contribution in [2.75, 3.05) is 18.9 Å². The van der Waals surface area contributed by atoms with Gasteiger partial charge in [-0.05, 0) is 35.0 Å². The van der Waals surface area contributed by atoms with Crippen LogP contribution in [0.5, 0.6) is 0 Å². The highest BCUT2D eigenvalue weighted by atomic mass is 16.2. The van der Waals surface area contributed by atoms with Crippen molar-refractivity contribution in [3.8, 4) is 0 Å². The molecule has 0 radical (unpaired) electrons. The molecule has 1 N–H and O–H groups in total. The highest BCUT2D eigenvalue weighted by Gasteiger charge is 2.15. The van der Waals surface area contributed by atoms with E-state index in [4.69, 9.17) is 0 Å². The van der Waals surface area contributed by atoms with Gasteiger partial charge in [0.2, 0.25) is 5.91 Å². The van der Waals surface area contributed by atoms with Crippen LogP contribution in [0.4, 0.5) is 5.69 Å². The number of nitrogens with one attached hydrogen (secondary N) is 1. The standard InChI is InChI=1S/C20H18N2O2/c1-22(14-19(23)21-18-9-3-2-4-10-18)20(24)17-12-11-15-7-5-6-8-16(15)13-17/h2-13H,14H2,1H3,(H,21,23). The van der Waals surface area contributed by atoms with Gasteiger partial charge in [0.15, 0.2) is 0 Å². The first kappa shape index (κ1) is 15.7. The van der Waals surface area contributed by atoms with E-state index in [1.165, 1.54) is 4.90 Å². The number of hydrogen-bond acceptors (Lipinski definition) is 2. The van der Waals surface area contributed by atoms with E-state index >= 15 is 0 Å². The molecule has 0 aliphatic heterocycles. The number of benzene rings is 3. The van der Waals surface area contributed by atoms with Crippen LogP contribution in [-0.2, 0) is 4.79 Å². The Morgan fingerprint density at radius 1 is 0.875 bits per heavy atom. The minimum Gasteiger partial charge on any atom is -0.332 e. The summed E-state index contributed by atoms with van der Waals surface area (Å²) in [5.41, 5.74) is 1.29. The summed E-state index contributed by atoms with van der Waals surface area (Å²) in [6.45, 7) is 0.000550. The van der Waals surface area contributed by atoms with Gasteiger partial charge in [-0.2, -0.15) is 0 Å². The number of hydrogen-bond donors (Lipinski definition) is 1. The van der Waals surface area contributed by atoms with Gasteiger partial charge in [-0.3, -0.25) is 9.59 Å². The maximum Gasteiger partial charge on any atom is 0.254 e. The van der Waals surface area contributed by atoms with Crippen molar-refractivity contribution in [1.29, 1.82) is 0 Å². The third-order valence-electron chi connectivity index (χ3n) is 3.78. The molecule has 120 valence electrons. The molecular weight excluding hydrogens is 300 g/mol.